The molecule has 0 bridgehead atoms. The van der Waals surface area contributed by atoms with E-state index in [2.05, 4.69) is 33.0 Å². The number of carboxylic acids is 1. The molecule has 0 heterocycles. The lowest BCUT2D eigenvalue weighted by molar-refractivity contribution is -0.386. The molecule has 1 aromatic carbocycles. The van der Waals surface area contributed by atoms with Crippen LogP contribution in [0.1, 0.15) is 64.9 Å². The number of hydrogen-bond donors (Lipinski definition) is 2. The Morgan fingerprint density at radius 2 is 1.96 bits per heavy atom. The number of nitrogens with zero attached hydrogens (tertiary/aromatic N) is 1. The predicted molar refractivity (Wildman–Crippen MR) is 106 cm³/mol. The number of benzene rings is 1. The van der Waals surface area contributed by atoms with Crippen LogP contribution in [0.2, 0.25) is 0 Å². The van der Waals surface area contributed by atoms with Crippen LogP contribution in [0, 0.1) is 26.9 Å². The number of carboxylic acid groups (broad SMARTS) is 1. The van der Waals surface area contributed by atoms with Gasteiger partial charge in [0.05, 0.1) is 10.3 Å². The summed E-state index contributed by atoms with van der Waals surface area (Å²) in [6, 6.07) is 6.61. The van der Waals surface area contributed by atoms with E-state index in [1.807, 2.05) is 7.05 Å². The van der Waals surface area contributed by atoms with Crippen LogP contribution in [0.3, 0.4) is 0 Å². The minimum atomic E-state index is -0.928. The van der Waals surface area contributed by atoms with Crippen molar-refractivity contribution in [1.29, 1.82) is 0 Å². The van der Waals surface area contributed by atoms with E-state index in [4.69, 9.17) is 0 Å². The largest absolute Gasteiger partial charge is 0.481 e. The van der Waals surface area contributed by atoms with E-state index in [9.17, 15) is 20.0 Å². The first-order valence-corrected chi connectivity index (χ1v) is 9.69. The molecular formula is C21H32N2O4. The van der Waals surface area contributed by atoms with E-state index >= 15 is 0 Å². The summed E-state index contributed by atoms with van der Waals surface area (Å²) < 4.78 is 0. The van der Waals surface area contributed by atoms with Crippen molar-refractivity contribution >= 4 is 11.7 Å². The second-order valence-electron chi connectivity index (χ2n) is 8.99. The maximum absolute atomic E-state index is 12.5. The molecule has 0 aliphatic heterocycles. The Balaban J connectivity index is 2.54. The van der Waals surface area contributed by atoms with Crippen LogP contribution in [-0.2, 0) is 4.79 Å². The predicted octanol–water partition coefficient (Wildman–Crippen LogP) is 4.59. The molecule has 1 saturated carbocycles. The lowest BCUT2D eigenvalue weighted by atomic mass is 9.55. The standard InChI is InChI=1S/C21H32N2O4/c1-14(2)12-18(22-5)21(19(24)25)11-10-20(3,4)16(13-21)15-8-6-7-9-17(15)23(26)27/h6-9,14,16,18,22H,10-13H2,1-5H3,(H,24,25)/t16?,18-,21?/m0/s1. The van der Waals surface area contributed by atoms with Crippen molar-refractivity contribution in [1.82, 2.24) is 5.32 Å². The zero-order chi connectivity index (χ0) is 20.4. The van der Waals surface area contributed by atoms with Gasteiger partial charge in [-0.15, -0.1) is 0 Å². The van der Waals surface area contributed by atoms with Crippen molar-refractivity contribution in [3.63, 3.8) is 0 Å². The summed E-state index contributed by atoms with van der Waals surface area (Å²) in [4.78, 5) is 23.7. The Kier molecular flexibility index (Phi) is 6.30. The number of nitro groups is 1. The van der Waals surface area contributed by atoms with E-state index in [0.717, 1.165) is 6.42 Å². The summed E-state index contributed by atoms with van der Waals surface area (Å²) in [5.41, 5.74) is -0.400. The first-order chi connectivity index (χ1) is 12.5. The SMILES string of the molecule is CN[C@@H](CC(C)C)C1(C(=O)O)CCC(C)(C)C(c2ccccc2[N+](=O)[O-])C1. The number of para-hydroxylation sites is 1. The fourth-order valence-electron chi connectivity index (χ4n) is 4.69. The minimum Gasteiger partial charge on any atom is -0.481 e. The molecule has 27 heavy (non-hydrogen) atoms. The van der Waals surface area contributed by atoms with Gasteiger partial charge in [0.15, 0.2) is 0 Å². The third-order valence-electron chi connectivity index (χ3n) is 6.38. The fourth-order valence-corrected chi connectivity index (χ4v) is 4.69. The Morgan fingerprint density at radius 1 is 1.33 bits per heavy atom. The summed E-state index contributed by atoms with van der Waals surface area (Å²) in [5.74, 6) is -0.633. The molecule has 2 rings (SSSR count). The van der Waals surface area contributed by atoms with Gasteiger partial charge in [0, 0.05) is 17.7 Å². The van der Waals surface area contributed by atoms with E-state index in [-0.39, 0.29) is 28.0 Å². The van der Waals surface area contributed by atoms with Gasteiger partial charge in [0.25, 0.3) is 5.69 Å². The van der Waals surface area contributed by atoms with Gasteiger partial charge in [0.2, 0.25) is 0 Å². The summed E-state index contributed by atoms with van der Waals surface area (Å²) in [6.45, 7) is 8.37. The number of aliphatic carboxylic acids is 1. The van der Waals surface area contributed by atoms with E-state index in [0.29, 0.717) is 30.7 Å². The summed E-state index contributed by atoms with van der Waals surface area (Å²) in [5, 5.41) is 25.1. The lowest BCUT2D eigenvalue weighted by Gasteiger charge is -2.50. The van der Waals surface area contributed by atoms with Gasteiger partial charge in [-0.1, -0.05) is 45.9 Å². The number of nitrogens with one attached hydrogen (secondary N) is 1. The first-order valence-electron chi connectivity index (χ1n) is 9.69. The summed E-state index contributed by atoms with van der Waals surface area (Å²) in [7, 11) is 1.82. The number of hydrogen-bond acceptors (Lipinski definition) is 4. The van der Waals surface area contributed by atoms with Crippen molar-refractivity contribution in [2.45, 2.75) is 65.3 Å². The van der Waals surface area contributed by atoms with Crippen LogP contribution < -0.4 is 5.32 Å². The third kappa shape index (κ3) is 4.15. The summed E-state index contributed by atoms with van der Waals surface area (Å²) in [6.07, 6.45) is 2.45. The maximum Gasteiger partial charge on any atom is 0.311 e. The van der Waals surface area contributed by atoms with Gasteiger partial charge in [-0.05, 0) is 50.0 Å². The minimum absolute atomic E-state index is 0.0848. The van der Waals surface area contributed by atoms with Crippen LogP contribution in [0.15, 0.2) is 24.3 Å². The smallest absolute Gasteiger partial charge is 0.311 e. The molecule has 0 radical (unpaired) electrons. The van der Waals surface area contributed by atoms with Crippen molar-refractivity contribution in [2.24, 2.45) is 16.7 Å². The van der Waals surface area contributed by atoms with E-state index in [1.54, 1.807) is 18.2 Å². The van der Waals surface area contributed by atoms with Crippen LogP contribution in [0.5, 0.6) is 0 Å². The number of nitro benzene ring substituents is 1. The molecule has 6 nitrogen and oxygen atoms in total. The van der Waals surface area contributed by atoms with Crippen LogP contribution in [0.25, 0.3) is 0 Å². The van der Waals surface area contributed by atoms with Crippen LogP contribution in [0.4, 0.5) is 5.69 Å². The Morgan fingerprint density at radius 3 is 2.48 bits per heavy atom. The second kappa shape index (κ2) is 7.97. The molecule has 1 aliphatic rings. The molecule has 0 amide bonds. The highest BCUT2D eigenvalue weighted by Gasteiger charge is 2.54. The quantitative estimate of drug-likeness (QED) is 0.536. The van der Waals surface area contributed by atoms with Crippen LogP contribution in [-0.4, -0.2) is 29.1 Å². The Hall–Kier alpha value is -1.95. The topological polar surface area (TPSA) is 92.5 Å². The highest BCUT2D eigenvalue weighted by Crippen LogP contribution is 2.56. The van der Waals surface area contributed by atoms with Gasteiger partial charge in [0.1, 0.15) is 0 Å². The lowest BCUT2D eigenvalue weighted by Crippen LogP contribution is -2.54. The highest BCUT2D eigenvalue weighted by atomic mass is 16.6. The molecule has 0 saturated heterocycles. The molecule has 150 valence electrons. The molecule has 2 N–H and O–H groups in total. The highest BCUT2D eigenvalue weighted by molar-refractivity contribution is 5.76. The van der Waals surface area contributed by atoms with Gasteiger partial charge in [-0.2, -0.15) is 0 Å². The second-order valence-corrected chi connectivity index (χ2v) is 8.99. The normalized spacial score (nSPS) is 25.9. The molecular weight excluding hydrogens is 344 g/mol. The monoisotopic (exact) mass is 376 g/mol. The number of rotatable bonds is 7. The van der Waals surface area contributed by atoms with Gasteiger partial charge < -0.3 is 10.4 Å². The van der Waals surface area contributed by atoms with Gasteiger partial charge in [-0.25, -0.2) is 0 Å². The molecule has 1 aliphatic carbocycles. The fraction of sp³-hybridized carbons (Fsp3) is 0.667. The molecule has 1 fully saturated rings. The Labute approximate surface area is 161 Å². The van der Waals surface area contributed by atoms with Gasteiger partial charge in [-0.3, -0.25) is 14.9 Å². The zero-order valence-electron chi connectivity index (χ0n) is 17.0. The molecule has 6 heteroatoms. The van der Waals surface area contributed by atoms with Crippen molar-refractivity contribution in [3.05, 3.63) is 39.9 Å². The van der Waals surface area contributed by atoms with E-state index in [1.165, 1.54) is 6.07 Å². The van der Waals surface area contributed by atoms with Crippen molar-refractivity contribution < 1.29 is 14.8 Å². The first kappa shape index (κ1) is 21.4. The van der Waals surface area contributed by atoms with Crippen molar-refractivity contribution in [3.8, 4) is 0 Å². The zero-order valence-corrected chi connectivity index (χ0v) is 17.0. The van der Waals surface area contributed by atoms with E-state index < -0.39 is 11.4 Å². The number of carbonyl (C=O) groups is 1. The average Bonchev–Trinajstić information content (AvgIpc) is 2.59. The van der Waals surface area contributed by atoms with Gasteiger partial charge >= 0.3 is 5.97 Å². The maximum atomic E-state index is 12.5. The molecule has 1 aromatic rings. The molecule has 0 aromatic heterocycles. The van der Waals surface area contributed by atoms with Crippen molar-refractivity contribution in [2.75, 3.05) is 7.05 Å². The summed E-state index contributed by atoms with van der Waals surface area (Å²) >= 11 is 0. The molecule has 0 spiro atoms. The Bertz CT molecular complexity index is 701. The molecule has 2 unspecified atom stereocenters. The average molecular weight is 376 g/mol. The molecule has 3 atom stereocenters. The third-order valence-corrected chi connectivity index (χ3v) is 6.38. The van der Waals surface area contributed by atoms with Crippen LogP contribution >= 0.6 is 0 Å².